The van der Waals surface area contributed by atoms with E-state index in [9.17, 15) is 19.2 Å². The molecule has 1 fully saturated rings. The van der Waals surface area contributed by atoms with Crippen molar-refractivity contribution in [2.75, 3.05) is 13.1 Å². The molecule has 194 valence electrons. The first-order chi connectivity index (χ1) is 17.7. The molecule has 3 aromatic rings. The maximum absolute atomic E-state index is 12.7. The molecule has 2 aromatic heterocycles. The number of amides is 3. The summed E-state index contributed by atoms with van der Waals surface area (Å²) in [5, 5.41) is 18.1. The summed E-state index contributed by atoms with van der Waals surface area (Å²) in [5.41, 5.74) is 0.647. The van der Waals surface area contributed by atoms with Crippen LogP contribution in [0.4, 0.5) is 0 Å². The summed E-state index contributed by atoms with van der Waals surface area (Å²) in [6, 6.07) is 5.20. The Hall–Kier alpha value is -3.34. The van der Waals surface area contributed by atoms with Crippen molar-refractivity contribution in [1.82, 2.24) is 15.5 Å². The van der Waals surface area contributed by atoms with Crippen LogP contribution in [0.1, 0.15) is 35.4 Å². The number of carbonyl (C=O) groups is 4. The first-order valence-electron chi connectivity index (χ1n) is 11.4. The number of rotatable bonds is 8. The summed E-state index contributed by atoms with van der Waals surface area (Å²) in [7, 11) is 0. The number of likely N-dealkylation sites (tertiary alicyclic amines) is 1. The van der Waals surface area contributed by atoms with Crippen LogP contribution in [0, 0.1) is 0 Å². The van der Waals surface area contributed by atoms with Gasteiger partial charge < -0.3 is 25.1 Å². The third kappa shape index (κ3) is 6.51. The lowest BCUT2D eigenvalue weighted by molar-refractivity contribution is -0.140. The van der Waals surface area contributed by atoms with Gasteiger partial charge in [-0.15, -0.1) is 11.3 Å². The average Bonchev–Trinajstić information content (AvgIpc) is 3.57. The molecule has 12 heteroatoms. The zero-order chi connectivity index (χ0) is 26.5. The predicted molar refractivity (Wildman–Crippen MR) is 141 cm³/mol. The number of furan rings is 1. The van der Waals surface area contributed by atoms with Gasteiger partial charge in [-0.25, -0.2) is 0 Å². The first kappa shape index (κ1) is 26.7. The molecule has 3 amide bonds. The molecule has 0 radical (unpaired) electrons. The summed E-state index contributed by atoms with van der Waals surface area (Å²) in [6.45, 7) is 0.795. The SMILES string of the molecule is O=C(O)C[C@H](NC(=O)c1ccco1)C(=O)NC1CCN(C(=O)/C=C/c2cc3ccsc3c(Cl)c2Cl)CC1. The lowest BCUT2D eigenvalue weighted by Gasteiger charge is -2.32. The third-order valence-corrected chi connectivity index (χ3v) is 7.90. The molecule has 1 atom stereocenters. The first-order valence-corrected chi connectivity index (χ1v) is 13.0. The average molecular weight is 564 g/mol. The molecular formula is C25H23Cl2N3O6S. The van der Waals surface area contributed by atoms with Crippen LogP contribution >= 0.6 is 34.5 Å². The number of nitrogens with zero attached hydrogens (tertiary/aromatic N) is 1. The van der Waals surface area contributed by atoms with Gasteiger partial charge in [-0.2, -0.15) is 0 Å². The van der Waals surface area contributed by atoms with Crippen molar-refractivity contribution in [3.05, 3.63) is 63.4 Å². The van der Waals surface area contributed by atoms with Crippen molar-refractivity contribution in [3.8, 4) is 0 Å². The van der Waals surface area contributed by atoms with E-state index in [-0.39, 0.29) is 17.7 Å². The number of carbonyl (C=O) groups excluding carboxylic acids is 3. The normalized spacial score (nSPS) is 15.1. The van der Waals surface area contributed by atoms with Gasteiger partial charge in [0.2, 0.25) is 11.8 Å². The fourth-order valence-electron chi connectivity index (χ4n) is 4.02. The Kier molecular flexibility index (Phi) is 8.52. The van der Waals surface area contributed by atoms with E-state index in [1.807, 2.05) is 17.5 Å². The number of fused-ring (bicyclic) bond motifs is 1. The summed E-state index contributed by atoms with van der Waals surface area (Å²) in [6.07, 6.45) is 4.76. The number of thiophene rings is 1. The number of nitrogens with one attached hydrogen (secondary N) is 2. The number of hydrogen-bond donors (Lipinski definition) is 3. The number of piperidine rings is 1. The predicted octanol–water partition coefficient (Wildman–Crippen LogP) is 4.19. The van der Waals surface area contributed by atoms with Crippen LogP contribution < -0.4 is 10.6 Å². The molecule has 3 N–H and O–H groups in total. The van der Waals surface area contributed by atoms with Gasteiger partial charge in [0.15, 0.2) is 5.76 Å². The number of benzene rings is 1. The molecule has 9 nitrogen and oxygen atoms in total. The van der Waals surface area contributed by atoms with Gasteiger partial charge in [-0.3, -0.25) is 19.2 Å². The highest BCUT2D eigenvalue weighted by molar-refractivity contribution is 7.18. The Morgan fingerprint density at radius 1 is 1.19 bits per heavy atom. The van der Waals surface area contributed by atoms with E-state index in [2.05, 4.69) is 10.6 Å². The Morgan fingerprint density at radius 3 is 2.62 bits per heavy atom. The van der Waals surface area contributed by atoms with Crippen molar-refractivity contribution < 1.29 is 28.7 Å². The molecule has 0 saturated carbocycles. The molecular weight excluding hydrogens is 541 g/mol. The molecule has 0 spiro atoms. The fraction of sp³-hybridized carbons (Fsp3) is 0.280. The molecule has 1 aliphatic rings. The smallest absolute Gasteiger partial charge is 0.305 e. The Morgan fingerprint density at radius 2 is 1.95 bits per heavy atom. The molecule has 1 saturated heterocycles. The Balaban J connectivity index is 1.31. The summed E-state index contributed by atoms with van der Waals surface area (Å²) in [5.74, 6) is -2.74. The van der Waals surface area contributed by atoms with Crippen molar-refractivity contribution in [2.45, 2.75) is 31.3 Å². The molecule has 0 unspecified atom stereocenters. The minimum absolute atomic E-state index is 0.0261. The number of aliphatic carboxylic acids is 1. The zero-order valence-corrected chi connectivity index (χ0v) is 21.7. The minimum atomic E-state index is -1.27. The second kappa shape index (κ2) is 11.8. The lowest BCUT2D eigenvalue weighted by atomic mass is 10.0. The Bertz CT molecular complexity index is 1350. The van der Waals surface area contributed by atoms with E-state index >= 15 is 0 Å². The second-order valence-electron chi connectivity index (χ2n) is 8.48. The summed E-state index contributed by atoms with van der Waals surface area (Å²) >= 11 is 14.2. The second-order valence-corrected chi connectivity index (χ2v) is 10.1. The number of hydrogen-bond acceptors (Lipinski definition) is 6. The van der Waals surface area contributed by atoms with E-state index in [4.69, 9.17) is 32.7 Å². The fourth-order valence-corrected chi connectivity index (χ4v) is 5.46. The number of carboxylic acids is 1. The van der Waals surface area contributed by atoms with Crippen LogP contribution in [0.5, 0.6) is 0 Å². The van der Waals surface area contributed by atoms with E-state index in [0.717, 1.165) is 10.1 Å². The zero-order valence-electron chi connectivity index (χ0n) is 19.4. The molecule has 1 aliphatic heterocycles. The van der Waals surface area contributed by atoms with Crippen molar-refractivity contribution in [2.24, 2.45) is 0 Å². The summed E-state index contributed by atoms with van der Waals surface area (Å²) < 4.78 is 5.89. The molecule has 4 rings (SSSR count). The maximum atomic E-state index is 12.7. The third-order valence-electron chi connectivity index (χ3n) is 5.96. The Labute approximate surface area is 226 Å². The van der Waals surface area contributed by atoms with E-state index < -0.39 is 30.2 Å². The van der Waals surface area contributed by atoms with Gasteiger partial charge in [0.05, 0.1) is 27.4 Å². The van der Waals surface area contributed by atoms with Gasteiger partial charge in [-0.1, -0.05) is 23.2 Å². The molecule has 1 aromatic carbocycles. The quantitative estimate of drug-likeness (QED) is 0.352. The highest BCUT2D eigenvalue weighted by atomic mass is 35.5. The van der Waals surface area contributed by atoms with Gasteiger partial charge in [-0.05, 0) is 59.5 Å². The van der Waals surface area contributed by atoms with E-state index in [0.29, 0.717) is 41.5 Å². The minimum Gasteiger partial charge on any atom is -0.481 e. The van der Waals surface area contributed by atoms with Crippen LogP contribution in [0.2, 0.25) is 10.0 Å². The van der Waals surface area contributed by atoms with Crippen molar-refractivity contribution >= 4 is 74.4 Å². The number of halogens is 2. The summed E-state index contributed by atoms with van der Waals surface area (Å²) in [4.78, 5) is 50.6. The van der Waals surface area contributed by atoms with Crippen LogP contribution in [-0.4, -0.2) is 58.9 Å². The molecule has 37 heavy (non-hydrogen) atoms. The molecule has 3 heterocycles. The van der Waals surface area contributed by atoms with Crippen LogP contribution in [0.25, 0.3) is 16.2 Å². The highest BCUT2D eigenvalue weighted by Gasteiger charge is 2.29. The lowest BCUT2D eigenvalue weighted by Crippen LogP contribution is -2.53. The van der Waals surface area contributed by atoms with E-state index in [1.54, 1.807) is 11.0 Å². The van der Waals surface area contributed by atoms with Crippen LogP contribution in [0.3, 0.4) is 0 Å². The number of carboxylic acid groups (broad SMARTS) is 1. The highest BCUT2D eigenvalue weighted by Crippen LogP contribution is 2.37. The van der Waals surface area contributed by atoms with Crippen LogP contribution in [-0.2, 0) is 14.4 Å². The molecule has 0 bridgehead atoms. The molecule has 0 aliphatic carbocycles. The standard InChI is InChI=1S/C25H23Cl2N3O6S/c26-21-14(12-15-7-11-37-23(15)22(21)27)3-4-19(31)30-8-5-16(6-9-30)28-24(34)17(13-20(32)33)29-25(35)18-2-1-10-36-18/h1-4,7,10-12,16-17H,5-6,8-9,13H2,(H,28,34)(H,29,35)(H,32,33)/b4-3+/t17-/m0/s1. The van der Waals surface area contributed by atoms with Crippen LogP contribution in [0.15, 0.2) is 46.4 Å². The topological polar surface area (TPSA) is 129 Å². The van der Waals surface area contributed by atoms with Crippen molar-refractivity contribution in [1.29, 1.82) is 0 Å². The largest absolute Gasteiger partial charge is 0.481 e. The van der Waals surface area contributed by atoms with Gasteiger partial charge in [0.1, 0.15) is 6.04 Å². The van der Waals surface area contributed by atoms with Gasteiger partial charge >= 0.3 is 5.97 Å². The van der Waals surface area contributed by atoms with E-state index in [1.165, 1.54) is 35.8 Å². The van der Waals surface area contributed by atoms with Gasteiger partial charge in [0, 0.05) is 25.2 Å². The maximum Gasteiger partial charge on any atom is 0.305 e. The van der Waals surface area contributed by atoms with Crippen molar-refractivity contribution in [3.63, 3.8) is 0 Å². The monoisotopic (exact) mass is 563 g/mol. The van der Waals surface area contributed by atoms with Gasteiger partial charge in [0.25, 0.3) is 5.91 Å².